The highest BCUT2D eigenvalue weighted by atomic mass is 32.2. The smallest absolute Gasteiger partial charge is 0.408 e. The summed E-state index contributed by atoms with van der Waals surface area (Å²) in [4.78, 5) is 65.4. The van der Waals surface area contributed by atoms with E-state index in [-0.39, 0.29) is 24.7 Å². The number of hydrogen-bond acceptors (Lipinski definition) is 9. The third-order valence-electron chi connectivity index (χ3n) is 7.24. The lowest BCUT2D eigenvalue weighted by Crippen LogP contribution is -2.59. The minimum absolute atomic E-state index is 0.157. The third kappa shape index (κ3) is 16.2. The second-order valence-corrected chi connectivity index (χ2v) is 15.0. The number of carbonyl (C=O) groups excluding carboxylic acids is 5. The van der Waals surface area contributed by atoms with Gasteiger partial charge in [-0.2, -0.15) is 23.5 Å². The second kappa shape index (κ2) is 21.7. The number of thioether (sulfide) groups is 2. The Hall–Kier alpha value is -4.53. The number of ether oxygens (including phenoxy) is 2. The standard InChI is InChI=1S/C38H49N5O7S2/c1-26(34(45)42-31(33(39)44)24-51-22-28-16-10-6-11-17-28)40-35(46)30(21-49-20-27-14-8-5-9-15-27)41-36(47)32(43-37(48)50-38(2,3)4)25-52-23-29-18-12-7-13-19-29/h5-19,26,30-32H,20-25H2,1-4H3,(H2,39,44)(H,40,46)(H,41,47)(H,42,45)(H,43,48)/t26-,30-,31-,32-/m0/s1. The molecule has 0 radical (unpaired) electrons. The van der Waals surface area contributed by atoms with Crippen molar-refractivity contribution in [3.8, 4) is 0 Å². The molecular weight excluding hydrogens is 703 g/mol. The maximum Gasteiger partial charge on any atom is 0.408 e. The van der Waals surface area contributed by atoms with Gasteiger partial charge in [0.1, 0.15) is 29.8 Å². The highest BCUT2D eigenvalue weighted by molar-refractivity contribution is 7.98. The number of alkyl carbamates (subject to hydrolysis) is 1. The number of benzene rings is 3. The van der Waals surface area contributed by atoms with Crippen LogP contribution in [0.15, 0.2) is 91.0 Å². The van der Waals surface area contributed by atoms with Crippen molar-refractivity contribution in [2.24, 2.45) is 5.73 Å². The van der Waals surface area contributed by atoms with E-state index in [0.717, 1.165) is 16.7 Å². The first-order valence-electron chi connectivity index (χ1n) is 16.9. The summed E-state index contributed by atoms with van der Waals surface area (Å²) in [5.74, 6) is -1.08. The maximum absolute atomic E-state index is 13.7. The molecule has 0 heterocycles. The van der Waals surface area contributed by atoms with Crippen LogP contribution >= 0.6 is 23.5 Å². The van der Waals surface area contributed by atoms with Crippen LogP contribution in [0, 0.1) is 0 Å². The van der Waals surface area contributed by atoms with Crippen molar-refractivity contribution in [1.29, 1.82) is 0 Å². The van der Waals surface area contributed by atoms with Crippen molar-refractivity contribution in [3.63, 3.8) is 0 Å². The largest absolute Gasteiger partial charge is 0.444 e. The topological polar surface area (TPSA) is 178 Å². The van der Waals surface area contributed by atoms with Gasteiger partial charge in [-0.1, -0.05) is 91.0 Å². The van der Waals surface area contributed by atoms with Gasteiger partial charge in [-0.05, 0) is 44.4 Å². The lowest BCUT2D eigenvalue weighted by Gasteiger charge is -2.26. The molecule has 52 heavy (non-hydrogen) atoms. The average Bonchev–Trinajstić information content (AvgIpc) is 3.10. The lowest BCUT2D eigenvalue weighted by atomic mass is 10.2. The summed E-state index contributed by atoms with van der Waals surface area (Å²) in [7, 11) is 0. The lowest BCUT2D eigenvalue weighted by molar-refractivity contribution is -0.134. The van der Waals surface area contributed by atoms with Crippen molar-refractivity contribution >= 4 is 53.2 Å². The summed E-state index contributed by atoms with van der Waals surface area (Å²) >= 11 is 2.86. The normalized spacial score (nSPS) is 13.5. The van der Waals surface area contributed by atoms with E-state index in [1.165, 1.54) is 30.4 Å². The van der Waals surface area contributed by atoms with Crippen molar-refractivity contribution < 1.29 is 33.4 Å². The van der Waals surface area contributed by atoms with E-state index in [4.69, 9.17) is 15.2 Å². The Balaban J connectivity index is 1.68. The summed E-state index contributed by atoms with van der Waals surface area (Å²) in [5.41, 5.74) is 7.72. The zero-order valence-corrected chi connectivity index (χ0v) is 31.6. The van der Waals surface area contributed by atoms with Gasteiger partial charge in [-0.3, -0.25) is 19.2 Å². The van der Waals surface area contributed by atoms with E-state index >= 15 is 0 Å². The molecule has 0 bridgehead atoms. The van der Waals surface area contributed by atoms with Gasteiger partial charge < -0.3 is 36.5 Å². The molecule has 3 aromatic carbocycles. The van der Waals surface area contributed by atoms with Gasteiger partial charge in [0.25, 0.3) is 0 Å². The fraction of sp³-hybridized carbons (Fsp3) is 0.395. The predicted octanol–water partition coefficient (Wildman–Crippen LogP) is 3.92. The predicted molar refractivity (Wildman–Crippen MR) is 205 cm³/mol. The number of rotatable bonds is 20. The van der Waals surface area contributed by atoms with Gasteiger partial charge >= 0.3 is 6.09 Å². The summed E-state index contributed by atoms with van der Waals surface area (Å²) in [6.45, 7) is 6.51. The van der Waals surface area contributed by atoms with Crippen LogP contribution in [0.5, 0.6) is 0 Å². The molecule has 0 saturated carbocycles. The fourth-order valence-electron chi connectivity index (χ4n) is 4.57. The third-order valence-corrected chi connectivity index (χ3v) is 9.45. The van der Waals surface area contributed by atoms with Crippen LogP contribution in [0.25, 0.3) is 0 Å². The average molecular weight is 752 g/mol. The van der Waals surface area contributed by atoms with E-state index in [9.17, 15) is 24.0 Å². The molecule has 14 heteroatoms. The van der Waals surface area contributed by atoms with Gasteiger partial charge in [-0.25, -0.2) is 4.79 Å². The number of hydrogen-bond donors (Lipinski definition) is 5. The van der Waals surface area contributed by atoms with E-state index in [2.05, 4.69) is 21.3 Å². The Morgan fingerprint density at radius 1 is 0.635 bits per heavy atom. The Kier molecular flexibility index (Phi) is 17.5. The molecule has 12 nitrogen and oxygen atoms in total. The summed E-state index contributed by atoms with van der Waals surface area (Å²) in [5, 5.41) is 10.6. The number of amides is 5. The van der Waals surface area contributed by atoms with E-state index in [1.807, 2.05) is 91.0 Å². The summed E-state index contributed by atoms with van der Waals surface area (Å²) in [6, 6.07) is 24.2. The zero-order chi connectivity index (χ0) is 37.9. The number of primary amides is 1. The van der Waals surface area contributed by atoms with Crippen LogP contribution in [0.2, 0.25) is 0 Å². The van der Waals surface area contributed by atoms with Crippen molar-refractivity contribution in [1.82, 2.24) is 21.3 Å². The van der Waals surface area contributed by atoms with E-state index in [0.29, 0.717) is 11.5 Å². The summed E-state index contributed by atoms with van der Waals surface area (Å²) in [6.07, 6.45) is -0.787. The molecule has 0 spiro atoms. The highest BCUT2D eigenvalue weighted by Crippen LogP contribution is 2.15. The Morgan fingerprint density at radius 2 is 1.10 bits per heavy atom. The number of carbonyl (C=O) groups is 5. The second-order valence-electron chi connectivity index (χ2n) is 13.0. The van der Waals surface area contributed by atoms with Gasteiger partial charge in [0, 0.05) is 23.0 Å². The molecule has 4 atom stereocenters. The molecule has 3 aromatic rings. The van der Waals surface area contributed by atoms with Crippen LogP contribution in [0.4, 0.5) is 4.79 Å². The van der Waals surface area contributed by atoms with Gasteiger partial charge in [-0.15, -0.1) is 0 Å². The van der Waals surface area contributed by atoms with Crippen LogP contribution in [0.3, 0.4) is 0 Å². The Morgan fingerprint density at radius 3 is 1.60 bits per heavy atom. The molecular formula is C38H49N5O7S2. The minimum atomic E-state index is -1.25. The SMILES string of the molecule is C[C@H](NC(=O)[C@H](COCc1ccccc1)NC(=O)[C@H](CSCc1ccccc1)NC(=O)OC(C)(C)C)C(=O)N[C@@H](CSCc1ccccc1)C(N)=O. The van der Waals surface area contributed by atoms with E-state index in [1.54, 1.807) is 20.8 Å². The van der Waals surface area contributed by atoms with Crippen LogP contribution < -0.4 is 27.0 Å². The Bertz CT molecular complexity index is 1580. The molecule has 3 rings (SSSR count). The van der Waals surface area contributed by atoms with Crippen LogP contribution in [-0.2, 0) is 46.8 Å². The molecule has 6 N–H and O–H groups in total. The first kappa shape index (κ1) is 41.9. The Labute approximate surface area is 314 Å². The zero-order valence-electron chi connectivity index (χ0n) is 30.0. The van der Waals surface area contributed by atoms with Crippen LogP contribution in [0.1, 0.15) is 44.4 Å². The molecule has 0 fully saturated rings. The van der Waals surface area contributed by atoms with Gasteiger partial charge in [0.2, 0.25) is 23.6 Å². The van der Waals surface area contributed by atoms with E-state index < -0.39 is 59.5 Å². The number of nitrogens with one attached hydrogen (secondary N) is 4. The van der Waals surface area contributed by atoms with Crippen molar-refractivity contribution in [3.05, 3.63) is 108 Å². The molecule has 0 aliphatic heterocycles. The molecule has 280 valence electrons. The monoisotopic (exact) mass is 751 g/mol. The fourth-order valence-corrected chi connectivity index (χ4v) is 6.61. The molecule has 0 unspecified atom stereocenters. The molecule has 5 amide bonds. The minimum Gasteiger partial charge on any atom is -0.444 e. The molecule has 0 aliphatic carbocycles. The molecule has 0 saturated heterocycles. The first-order chi connectivity index (χ1) is 24.8. The first-order valence-corrected chi connectivity index (χ1v) is 19.2. The summed E-state index contributed by atoms with van der Waals surface area (Å²) < 4.78 is 11.2. The van der Waals surface area contributed by atoms with Crippen molar-refractivity contribution in [2.45, 2.75) is 75.6 Å². The van der Waals surface area contributed by atoms with Gasteiger partial charge in [0.05, 0.1) is 13.2 Å². The van der Waals surface area contributed by atoms with Crippen molar-refractivity contribution in [2.75, 3.05) is 18.1 Å². The molecule has 0 aromatic heterocycles. The highest BCUT2D eigenvalue weighted by Gasteiger charge is 2.31. The maximum atomic E-state index is 13.7. The van der Waals surface area contributed by atoms with Crippen LogP contribution in [-0.4, -0.2) is 77.6 Å². The molecule has 0 aliphatic rings. The number of nitrogens with two attached hydrogens (primary N) is 1. The quantitative estimate of drug-likeness (QED) is 0.115. The van der Waals surface area contributed by atoms with Gasteiger partial charge in [0.15, 0.2) is 0 Å².